The molecule has 1 rings (SSSR count). The Morgan fingerprint density at radius 3 is 2.22 bits per heavy atom. The van der Waals surface area contributed by atoms with E-state index in [1.807, 2.05) is 0 Å². The average Bonchev–Trinajstić information content (AvgIpc) is 2.42. The zero-order valence-corrected chi connectivity index (χ0v) is 12.1. The van der Waals surface area contributed by atoms with Gasteiger partial charge in [0.25, 0.3) is 0 Å². The molecule has 0 N–H and O–H groups in total. The Balaban J connectivity index is 3.30. The topological polar surface area (TPSA) is 78.7 Å². The smallest absolute Gasteiger partial charge is 0.387 e. The zero-order valence-electron chi connectivity index (χ0n) is 12.1. The Labute approximate surface area is 128 Å². The molecule has 0 saturated carbocycles. The largest absolute Gasteiger partial charge is 0.469 e. The van der Waals surface area contributed by atoms with Gasteiger partial charge in [-0.1, -0.05) is 6.92 Å². The fourth-order valence-electron chi connectivity index (χ4n) is 2.10. The third kappa shape index (κ3) is 4.80. The predicted molar refractivity (Wildman–Crippen MR) is 68.8 cm³/mol. The van der Waals surface area contributed by atoms with Gasteiger partial charge in [0.15, 0.2) is 0 Å². The summed E-state index contributed by atoms with van der Waals surface area (Å²) in [7, 11) is 1.02. The quantitative estimate of drug-likeness (QED) is 0.330. The highest BCUT2D eigenvalue weighted by Gasteiger charge is 2.35. The number of halogens is 4. The van der Waals surface area contributed by atoms with E-state index < -0.39 is 58.8 Å². The molecule has 0 bridgehead atoms. The molecule has 0 heterocycles. The summed E-state index contributed by atoms with van der Waals surface area (Å²) in [6, 6.07) is 0.947. The van der Waals surface area contributed by atoms with Crippen molar-refractivity contribution >= 4 is 5.97 Å². The molecule has 6 nitrogen and oxygen atoms in total. The Morgan fingerprint density at radius 1 is 1.30 bits per heavy atom. The summed E-state index contributed by atoms with van der Waals surface area (Å²) in [4.78, 5) is 21.4. The van der Waals surface area contributed by atoms with Gasteiger partial charge in [0, 0.05) is 22.6 Å². The van der Waals surface area contributed by atoms with Crippen LogP contribution in [0.15, 0.2) is 12.1 Å². The number of rotatable bonds is 7. The van der Waals surface area contributed by atoms with Crippen LogP contribution in [0, 0.1) is 27.7 Å². The average molecular weight is 339 g/mol. The van der Waals surface area contributed by atoms with Gasteiger partial charge < -0.3 is 9.47 Å². The molecule has 0 radical (unpaired) electrons. The summed E-state index contributed by atoms with van der Waals surface area (Å²) in [6.45, 7) is -3.02. The second kappa shape index (κ2) is 7.75. The molecule has 10 heteroatoms. The van der Waals surface area contributed by atoms with Crippen LogP contribution in [0.1, 0.15) is 18.4 Å². The number of carbonyl (C=O) groups is 1. The van der Waals surface area contributed by atoms with Gasteiger partial charge in [-0.2, -0.15) is 8.78 Å². The molecule has 2 atom stereocenters. The van der Waals surface area contributed by atoms with Crippen molar-refractivity contribution in [2.24, 2.45) is 5.92 Å². The number of nitro groups is 1. The lowest BCUT2D eigenvalue weighted by Gasteiger charge is -2.20. The van der Waals surface area contributed by atoms with E-state index in [-0.39, 0.29) is 0 Å². The fourth-order valence-corrected chi connectivity index (χ4v) is 2.10. The lowest BCUT2D eigenvalue weighted by Crippen LogP contribution is -2.28. The van der Waals surface area contributed by atoms with Crippen molar-refractivity contribution < 1.29 is 36.8 Å². The maximum atomic E-state index is 14.0. The Hall–Kier alpha value is -2.39. The van der Waals surface area contributed by atoms with E-state index in [4.69, 9.17) is 0 Å². The molecule has 0 aliphatic heterocycles. The SMILES string of the molecule is COC(=O)C(C)[C@@H](C[N+](=O)[O-])c1c(F)cc(OC(F)F)cc1F. The number of methoxy groups -OCH3 is 1. The second-order valence-corrected chi connectivity index (χ2v) is 4.61. The Morgan fingerprint density at radius 2 is 1.83 bits per heavy atom. The molecule has 23 heavy (non-hydrogen) atoms. The summed E-state index contributed by atoms with van der Waals surface area (Å²) >= 11 is 0. The Kier molecular flexibility index (Phi) is 6.28. The number of carbonyl (C=O) groups excluding carboxylic acids is 1. The standard InChI is InChI=1S/C13H13F4NO5/c1-6(12(19)22-2)8(5-18(20)21)11-9(14)3-7(4-10(11)15)23-13(16)17/h3-4,6,8,13H,5H2,1-2H3/t6?,8-/m1/s1. The summed E-state index contributed by atoms with van der Waals surface area (Å²) in [5, 5.41) is 10.7. The van der Waals surface area contributed by atoms with E-state index in [1.165, 1.54) is 6.92 Å². The van der Waals surface area contributed by atoms with E-state index in [2.05, 4.69) is 9.47 Å². The third-order valence-electron chi connectivity index (χ3n) is 3.17. The number of nitrogens with zero attached hydrogens (tertiary/aromatic N) is 1. The highest BCUT2D eigenvalue weighted by molar-refractivity contribution is 5.73. The van der Waals surface area contributed by atoms with Gasteiger partial charge in [-0.3, -0.25) is 14.9 Å². The van der Waals surface area contributed by atoms with E-state index in [0.717, 1.165) is 7.11 Å². The minimum absolute atomic E-state index is 0.474. The van der Waals surface area contributed by atoms with Crippen LogP contribution in [0.25, 0.3) is 0 Å². The molecule has 0 spiro atoms. The van der Waals surface area contributed by atoms with Crippen LogP contribution in [0.5, 0.6) is 5.75 Å². The van der Waals surface area contributed by atoms with Gasteiger partial charge in [0.1, 0.15) is 17.4 Å². The van der Waals surface area contributed by atoms with Crippen molar-refractivity contribution in [2.45, 2.75) is 19.5 Å². The van der Waals surface area contributed by atoms with Gasteiger partial charge in [-0.15, -0.1) is 0 Å². The van der Waals surface area contributed by atoms with Gasteiger partial charge in [0.05, 0.1) is 18.9 Å². The highest BCUT2D eigenvalue weighted by Crippen LogP contribution is 2.33. The van der Waals surface area contributed by atoms with Crippen molar-refractivity contribution in [3.8, 4) is 5.75 Å². The molecule has 0 aliphatic carbocycles. The van der Waals surface area contributed by atoms with E-state index in [0.29, 0.717) is 12.1 Å². The molecule has 128 valence electrons. The molecule has 0 amide bonds. The zero-order chi connectivity index (χ0) is 17.7. The van der Waals surface area contributed by atoms with Gasteiger partial charge in [-0.05, 0) is 0 Å². The number of alkyl halides is 2. The van der Waals surface area contributed by atoms with Gasteiger partial charge in [0.2, 0.25) is 6.54 Å². The number of hydrogen-bond donors (Lipinski definition) is 0. The molecular weight excluding hydrogens is 326 g/mol. The van der Waals surface area contributed by atoms with Crippen LogP contribution in [0.2, 0.25) is 0 Å². The Bertz CT molecular complexity index is 573. The molecule has 0 aromatic heterocycles. The number of ether oxygens (including phenoxy) is 2. The monoisotopic (exact) mass is 339 g/mol. The molecule has 0 fully saturated rings. The molecule has 1 aromatic carbocycles. The van der Waals surface area contributed by atoms with Gasteiger partial charge >= 0.3 is 12.6 Å². The fraction of sp³-hybridized carbons (Fsp3) is 0.462. The maximum Gasteiger partial charge on any atom is 0.387 e. The number of hydrogen-bond acceptors (Lipinski definition) is 5. The van der Waals surface area contributed by atoms with Crippen molar-refractivity contribution in [1.29, 1.82) is 0 Å². The first-order valence-electron chi connectivity index (χ1n) is 6.30. The molecule has 0 aliphatic rings. The van der Waals surface area contributed by atoms with Crippen molar-refractivity contribution in [1.82, 2.24) is 0 Å². The van der Waals surface area contributed by atoms with Crippen LogP contribution in [0.4, 0.5) is 17.6 Å². The third-order valence-corrected chi connectivity index (χ3v) is 3.17. The molecule has 0 saturated heterocycles. The first kappa shape index (κ1) is 18.7. The van der Waals surface area contributed by atoms with Crippen molar-refractivity contribution in [3.63, 3.8) is 0 Å². The number of benzene rings is 1. The number of esters is 1. The lowest BCUT2D eigenvalue weighted by molar-refractivity contribution is -0.484. The van der Waals surface area contributed by atoms with Crippen molar-refractivity contribution in [2.75, 3.05) is 13.7 Å². The first-order valence-corrected chi connectivity index (χ1v) is 6.30. The lowest BCUT2D eigenvalue weighted by atomic mass is 9.86. The maximum absolute atomic E-state index is 14.0. The van der Waals surface area contributed by atoms with E-state index >= 15 is 0 Å². The molecule has 1 unspecified atom stereocenters. The van der Waals surface area contributed by atoms with Crippen molar-refractivity contribution in [3.05, 3.63) is 39.4 Å². The molecule has 1 aromatic rings. The highest BCUT2D eigenvalue weighted by atomic mass is 19.3. The van der Waals surface area contributed by atoms with Crippen LogP contribution in [0.3, 0.4) is 0 Å². The summed E-state index contributed by atoms with van der Waals surface area (Å²) < 4.78 is 60.6. The van der Waals surface area contributed by atoms with E-state index in [1.54, 1.807) is 0 Å². The van der Waals surface area contributed by atoms with Gasteiger partial charge in [-0.25, -0.2) is 8.78 Å². The predicted octanol–water partition coefficient (Wildman–Crippen LogP) is 2.74. The summed E-state index contributed by atoms with van der Waals surface area (Å²) in [5.74, 6) is -7.03. The van der Waals surface area contributed by atoms with Crippen LogP contribution >= 0.6 is 0 Å². The van der Waals surface area contributed by atoms with Crippen LogP contribution in [-0.2, 0) is 9.53 Å². The van der Waals surface area contributed by atoms with E-state index in [9.17, 15) is 32.5 Å². The van der Waals surface area contributed by atoms with Crippen LogP contribution in [-0.4, -0.2) is 31.2 Å². The second-order valence-electron chi connectivity index (χ2n) is 4.61. The molecular formula is C13H13F4NO5. The minimum Gasteiger partial charge on any atom is -0.469 e. The summed E-state index contributed by atoms with van der Waals surface area (Å²) in [6.07, 6.45) is 0. The van der Waals surface area contributed by atoms with Crippen LogP contribution < -0.4 is 4.74 Å². The first-order chi connectivity index (χ1) is 10.7. The normalized spacial score (nSPS) is 13.5. The minimum atomic E-state index is -3.29. The summed E-state index contributed by atoms with van der Waals surface area (Å²) in [5.41, 5.74) is -0.763.